The van der Waals surface area contributed by atoms with Crippen molar-refractivity contribution in [3.8, 4) is 0 Å². The van der Waals surface area contributed by atoms with Crippen LogP contribution in [0.5, 0.6) is 0 Å². The quantitative estimate of drug-likeness (QED) is 0.144. The van der Waals surface area contributed by atoms with Gasteiger partial charge in [-0.05, 0) is 24.7 Å². The van der Waals surface area contributed by atoms with Crippen LogP contribution in [0.1, 0.15) is 59.8 Å². The summed E-state index contributed by atoms with van der Waals surface area (Å²) >= 11 is 0. The average molecular weight is 489 g/mol. The molecule has 34 heavy (non-hydrogen) atoms. The third-order valence-corrected chi connectivity index (χ3v) is 5.13. The average Bonchev–Trinajstić information content (AvgIpc) is 2.72. The molecule has 0 aliphatic carbocycles. The third kappa shape index (κ3) is 11.6. The minimum absolute atomic E-state index is 0.0780. The summed E-state index contributed by atoms with van der Waals surface area (Å²) in [7, 11) is 0. The second-order valence-electron chi connectivity index (χ2n) is 8.60. The van der Waals surface area contributed by atoms with Crippen LogP contribution >= 0.6 is 0 Å². The van der Waals surface area contributed by atoms with E-state index in [1.54, 1.807) is 13.8 Å². The van der Waals surface area contributed by atoms with Crippen LogP contribution in [0.15, 0.2) is 0 Å². The lowest BCUT2D eigenvalue weighted by Gasteiger charge is -2.27. The Hall–Kier alpha value is -3.22. The third-order valence-electron chi connectivity index (χ3n) is 5.13. The molecule has 0 aliphatic heterocycles. The van der Waals surface area contributed by atoms with Crippen molar-refractivity contribution in [3.63, 3.8) is 0 Å². The van der Waals surface area contributed by atoms with E-state index in [9.17, 15) is 33.9 Å². The second-order valence-corrected chi connectivity index (χ2v) is 8.60. The minimum Gasteiger partial charge on any atom is -0.481 e. The molecule has 5 atom stereocenters. The molecule has 0 saturated carbocycles. The number of carbonyl (C=O) groups is 6. The predicted octanol–water partition coefficient (Wildman–Crippen LogP) is -0.716. The lowest BCUT2D eigenvalue weighted by atomic mass is 9.97. The Morgan fingerprint density at radius 1 is 0.794 bits per heavy atom. The van der Waals surface area contributed by atoms with Gasteiger partial charge in [-0.1, -0.05) is 34.1 Å². The first-order chi connectivity index (χ1) is 15.7. The van der Waals surface area contributed by atoms with Gasteiger partial charge in [0.15, 0.2) is 0 Å². The second kappa shape index (κ2) is 14.8. The largest absolute Gasteiger partial charge is 0.481 e. The van der Waals surface area contributed by atoms with Crippen molar-refractivity contribution in [2.45, 2.75) is 84.0 Å². The van der Waals surface area contributed by atoms with Crippen LogP contribution in [0.4, 0.5) is 0 Å². The van der Waals surface area contributed by atoms with Crippen LogP contribution in [0.2, 0.25) is 0 Å². The zero-order valence-corrected chi connectivity index (χ0v) is 19.9. The molecule has 194 valence electrons. The molecule has 0 aliphatic rings. The van der Waals surface area contributed by atoms with Gasteiger partial charge in [-0.3, -0.25) is 24.0 Å². The Bertz CT molecular complexity index is 757. The number of hydrogen-bond acceptors (Lipinski definition) is 7. The van der Waals surface area contributed by atoms with Crippen LogP contribution in [-0.4, -0.2) is 75.1 Å². The van der Waals surface area contributed by atoms with E-state index >= 15 is 0 Å². The standard InChI is InChI=1S/C21H36N4O9/c1-5-11(4)17(20(32)23-13(21(33)34)6-7-15(26)27)25-19(31)14(9-16(28)29)24-18(30)12(22)8-10(2)3/h10-14,17H,5-9,22H2,1-4H3,(H,23,32)(H,24,30)(H,25,31)(H,26,27)(H,28,29)(H,33,34). The Morgan fingerprint density at radius 2 is 1.35 bits per heavy atom. The molecule has 0 aromatic rings. The first-order valence-electron chi connectivity index (χ1n) is 11.0. The Kier molecular flexibility index (Phi) is 13.4. The number of rotatable bonds is 16. The van der Waals surface area contributed by atoms with Crippen molar-refractivity contribution in [1.82, 2.24) is 16.0 Å². The first-order valence-corrected chi connectivity index (χ1v) is 11.0. The van der Waals surface area contributed by atoms with Crippen LogP contribution < -0.4 is 21.7 Å². The van der Waals surface area contributed by atoms with Gasteiger partial charge >= 0.3 is 17.9 Å². The summed E-state index contributed by atoms with van der Waals surface area (Å²) in [5, 5.41) is 34.1. The number of nitrogens with one attached hydrogen (secondary N) is 3. The molecule has 0 radical (unpaired) electrons. The van der Waals surface area contributed by atoms with Crippen LogP contribution in [0.3, 0.4) is 0 Å². The van der Waals surface area contributed by atoms with E-state index in [1.165, 1.54) is 0 Å². The Balaban J connectivity index is 5.57. The molecule has 0 fully saturated rings. The smallest absolute Gasteiger partial charge is 0.326 e. The van der Waals surface area contributed by atoms with E-state index in [0.717, 1.165) is 0 Å². The maximum absolute atomic E-state index is 12.8. The fraction of sp³-hybridized carbons (Fsp3) is 0.714. The van der Waals surface area contributed by atoms with Gasteiger partial charge < -0.3 is 37.0 Å². The molecule has 5 unspecified atom stereocenters. The molecule has 0 spiro atoms. The highest BCUT2D eigenvalue weighted by Crippen LogP contribution is 2.11. The molecule has 0 saturated heterocycles. The van der Waals surface area contributed by atoms with Gasteiger partial charge in [0.25, 0.3) is 0 Å². The molecular formula is C21H36N4O9. The molecule has 0 aromatic carbocycles. The Labute approximate surface area is 197 Å². The summed E-state index contributed by atoms with van der Waals surface area (Å²) in [6.07, 6.45) is -0.945. The lowest BCUT2D eigenvalue weighted by Crippen LogP contribution is -2.59. The van der Waals surface area contributed by atoms with Crippen molar-refractivity contribution in [1.29, 1.82) is 0 Å². The summed E-state index contributed by atoms with van der Waals surface area (Å²) in [6, 6.07) is -5.26. The molecule has 0 heterocycles. The molecule has 0 bridgehead atoms. The van der Waals surface area contributed by atoms with E-state index in [4.69, 9.17) is 15.9 Å². The highest BCUT2D eigenvalue weighted by molar-refractivity contribution is 5.95. The highest BCUT2D eigenvalue weighted by atomic mass is 16.4. The van der Waals surface area contributed by atoms with Crippen molar-refractivity contribution in [2.75, 3.05) is 0 Å². The maximum atomic E-state index is 12.8. The van der Waals surface area contributed by atoms with E-state index in [0.29, 0.717) is 12.8 Å². The molecule has 0 aromatic heterocycles. The van der Waals surface area contributed by atoms with Crippen molar-refractivity contribution >= 4 is 35.6 Å². The number of aliphatic carboxylic acids is 3. The normalized spacial score (nSPS) is 15.4. The zero-order chi connectivity index (χ0) is 26.6. The number of carboxylic acid groups (broad SMARTS) is 3. The minimum atomic E-state index is -1.52. The topological polar surface area (TPSA) is 225 Å². The summed E-state index contributed by atoms with van der Waals surface area (Å²) < 4.78 is 0. The van der Waals surface area contributed by atoms with E-state index in [-0.39, 0.29) is 12.3 Å². The summed E-state index contributed by atoms with van der Waals surface area (Å²) in [4.78, 5) is 71.3. The summed E-state index contributed by atoms with van der Waals surface area (Å²) in [6.45, 7) is 7.01. The van der Waals surface area contributed by atoms with Gasteiger partial charge in [0.2, 0.25) is 17.7 Å². The van der Waals surface area contributed by atoms with Gasteiger partial charge in [-0.2, -0.15) is 0 Å². The molecule has 0 rings (SSSR count). The SMILES string of the molecule is CCC(C)C(NC(=O)C(CC(=O)O)NC(=O)C(N)CC(C)C)C(=O)NC(CCC(=O)O)C(=O)O. The van der Waals surface area contributed by atoms with Crippen LogP contribution in [0.25, 0.3) is 0 Å². The van der Waals surface area contributed by atoms with Gasteiger partial charge in [0.1, 0.15) is 18.1 Å². The molecule has 8 N–H and O–H groups in total. The van der Waals surface area contributed by atoms with E-state index in [1.807, 2.05) is 13.8 Å². The van der Waals surface area contributed by atoms with E-state index in [2.05, 4.69) is 16.0 Å². The van der Waals surface area contributed by atoms with E-state index < -0.39 is 78.6 Å². The van der Waals surface area contributed by atoms with Gasteiger partial charge in [0.05, 0.1) is 12.5 Å². The number of carboxylic acids is 3. The van der Waals surface area contributed by atoms with Crippen LogP contribution in [-0.2, 0) is 28.8 Å². The summed E-state index contributed by atoms with van der Waals surface area (Å²) in [5.41, 5.74) is 5.80. The van der Waals surface area contributed by atoms with Crippen molar-refractivity contribution in [2.24, 2.45) is 17.6 Å². The maximum Gasteiger partial charge on any atom is 0.326 e. The Morgan fingerprint density at radius 3 is 1.79 bits per heavy atom. The molecule has 13 heteroatoms. The van der Waals surface area contributed by atoms with Gasteiger partial charge in [-0.25, -0.2) is 4.79 Å². The predicted molar refractivity (Wildman–Crippen MR) is 119 cm³/mol. The van der Waals surface area contributed by atoms with Crippen molar-refractivity contribution in [3.05, 3.63) is 0 Å². The monoisotopic (exact) mass is 488 g/mol. The van der Waals surface area contributed by atoms with Gasteiger partial charge in [0, 0.05) is 6.42 Å². The fourth-order valence-electron chi connectivity index (χ4n) is 3.02. The van der Waals surface area contributed by atoms with Crippen LogP contribution in [0, 0.1) is 11.8 Å². The van der Waals surface area contributed by atoms with Gasteiger partial charge in [-0.15, -0.1) is 0 Å². The van der Waals surface area contributed by atoms with Crippen molar-refractivity contribution < 1.29 is 44.1 Å². The number of hydrogen-bond donors (Lipinski definition) is 7. The number of amides is 3. The molecule has 13 nitrogen and oxygen atoms in total. The molecule has 3 amide bonds. The summed E-state index contributed by atoms with van der Waals surface area (Å²) in [5.74, 6) is -7.03. The zero-order valence-electron chi connectivity index (χ0n) is 19.9. The lowest BCUT2D eigenvalue weighted by molar-refractivity contribution is -0.144. The fourth-order valence-corrected chi connectivity index (χ4v) is 3.02. The number of nitrogens with two attached hydrogens (primary N) is 1. The number of carbonyl (C=O) groups excluding carboxylic acids is 3. The highest BCUT2D eigenvalue weighted by Gasteiger charge is 2.33. The molecular weight excluding hydrogens is 452 g/mol. The first kappa shape index (κ1) is 30.8.